The second-order valence-electron chi connectivity index (χ2n) is 6.06. The predicted octanol–water partition coefficient (Wildman–Crippen LogP) is 3.64. The number of hydrogen-bond donors (Lipinski definition) is 1. The summed E-state index contributed by atoms with van der Waals surface area (Å²) < 4.78 is 16.0. The lowest BCUT2D eigenvalue weighted by molar-refractivity contribution is -0.147. The number of hydrogen-bond acceptors (Lipinski definition) is 5. The van der Waals surface area contributed by atoms with Crippen LogP contribution in [0.2, 0.25) is 0 Å². The Kier molecular flexibility index (Phi) is 5.57. The predicted molar refractivity (Wildman–Crippen MR) is 101 cm³/mol. The van der Waals surface area contributed by atoms with Crippen LogP contribution in [0.1, 0.15) is 12.5 Å². The first-order valence-corrected chi connectivity index (χ1v) is 8.60. The highest BCUT2D eigenvalue weighted by molar-refractivity contribution is 5.94. The van der Waals surface area contributed by atoms with Gasteiger partial charge in [-0.1, -0.05) is 24.3 Å². The van der Waals surface area contributed by atoms with Gasteiger partial charge in [-0.3, -0.25) is 0 Å². The first-order chi connectivity index (χ1) is 13.0. The molecule has 2 aromatic carbocycles. The molecular weight excluding hydrogens is 348 g/mol. The van der Waals surface area contributed by atoms with E-state index in [2.05, 4.69) is 0 Å². The third-order valence-electron chi connectivity index (χ3n) is 4.18. The van der Waals surface area contributed by atoms with Crippen LogP contribution in [0.25, 0.3) is 22.1 Å². The highest BCUT2D eigenvalue weighted by Gasteiger charge is 2.20. The second kappa shape index (κ2) is 8.05. The summed E-state index contributed by atoms with van der Waals surface area (Å²) in [6, 6.07) is 14.2. The Bertz CT molecular complexity index is 1020. The van der Waals surface area contributed by atoms with Crippen LogP contribution >= 0.6 is 0 Å². The van der Waals surface area contributed by atoms with Crippen molar-refractivity contribution in [3.8, 4) is 16.9 Å². The summed E-state index contributed by atoms with van der Waals surface area (Å²) in [6.07, 6.45) is -1.14. The standard InChI is InChI=1S/C21H20O6/c1-3-25-12-19(21(23)24)26-14-8-9-16-17(11-20(22)27-18(16)10-14)15-7-5-4-6-13(15)2/h4-11,19H,3,12H2,1-2H3,(H,23,24). The van der Waals surface area contributed by atoms with Crippen molar-refractivity contribution >= 4 is 16.9 Å². The fraction of sp³-hybridized carbons (Fsp3) is 0.238. The Morgan fingerprint density at radius 3 is 2.63 bits per heavy atom. The molecule has 0 saturated heterocycles. The minimum absolute atomic E-state index is 0.0724. The van der Waals surface area contributed by atoms with Crippen LogP contribution < -0.4 is 10.4 Å². The summed E-state index contributed by atoms with van der Waals surface area (Å²) in [5.74, 6) is -0.835. The van der Waals surface area contributed by atoms with E-state index < -0.39 is 17.7 Å². The zero-order chi connectivity index (χ0) is 19.4. The van der Waals surface area contributed by atoms with Crippen molar-refractivity contribution in [2.45, 2.75) is 20.0 Å². The van der Waals surface area contributed by atoms with E-state index in [1.165, 1.54) is 12.1 Å². The molecule has 0 saturated carbocycles. The van der Waals surface area contributed by atoms with Gasteiger partial charge in [0.2, 0.25) is 6.10 Å². The molecule has 1 aromatic heterocycles. The third-order valence-corrected chi connectivity index (χ3v) is 4.18. The van der Waals surface area contributed by atoms with Crippen molar-refractivity contribution < 1.29 is 23.8 Å². The zero-order valence-corrected chi connectivity index (χ0v) is 15.1. The maximum atomic E-state index is 12.1. The van der Waals surface area contributed by atoms with Gasteiger partial charge in [0.05, 0.1) is 6.61 Å². The molecule has 0 aliphatic heterocycles. The van der Waals surface area contributed by atoms with Crippen molar-refractivity contribution in [3.05, 3.63) is 64.5 Å². The van der Waals surface area contributed by atoms with E-state index in [1.54, 1.807) is 19.1 Å². The van der Waals surface area contributed by atoms with E-state index in [-0.39, 0.29) is 6.61 Å². The van der Waals surface area contributed by atoms with E-state index in [4.69, 9.17) is 13.9 Å². The fourth-order valence-corrected chi connectivity index (χ4v) is 2.86. The van der Waals surface area contributed by atoms with Gasteiger partial charge < -0.3 is 19.0 Å². The fourth-order valence-electron chi connectivity index (χ4n) is 2.86. The molecule has 0 aliphatic rings. The van der Waals surface area contributed by atoms with Gasteiger partial charge in [0.1, 0.15) is 11.3 Å². The van der Waals surface area contributed by atoms with Crippen LogP contribution in [-0.4, -0.2) is 30.4 Å². The highest BCUT2D eigenvalue weighted by atomic mass is 16.5. The maximum Gasteiger partial charge on any atom is 0.347 e. The van der Waals surface area contributed by atoms with Crippen molar-refractivity contribution in [1.29, 1.82) is 0 Å². The van der Waals surface area contributed by atoms with Gasteiger partial charge in [-0.2, -0.15) is 0 Å². The minimum Gasteiger partial charge on any atom is -0.478 e. The number of aliphatic carboxylic acids is 1. The number of carboxylic acid groups (broad SMARTS) is 1. The summed E-state index contributed by atoms with van der Waals surface area (Å²) in [5, 5.41) is 10.0. The molecule has 1 heterocycles. The summed E-state index contributed by atoms with van der Waals surface area (Å²) >= 11 is 0. The van der Waals surface area contributed by atoms with Crippen LogP contribution in [-0.2, 0) is 9.53 Å². The Balaban J connectivity index is 2.03. The molecule has 6 heteroatoms. The summed E-state index contributed by atoms with van der Waals surface area (Å²) in [7, 11) is 0. The molecule has 1 atom stereocenters. The smallest absolute Gasteiger partial charge is 0.347 e. The molecule has 3 rings (SSSR count). The number of ether oxygens (including phenoxy) is 2. The van der Waals surface area contributed by atoms with E-state index in [0.717, 1.165) is 22.1 Å². The lowest BCUT2D eigenvalue weighted by Gasteiger charge is -2.15. The normalized spacial score (nSPS) is 12.1. The number of fused-ring (bicyclic) bond motifs is 1. The SMILES string of the molecule is CCOCC(Oc1ccc2c(-c3ccccc3C)cc(=O)oc2c1)C(=O)O. The molecule has 6 nitrogen and oxygen atoms in total. The lowest BCUT2D eigenvalue weighted by Crippen LogP contribution is -2.32. The first-order valence-electron chi connectivity index (χ1n) is 8.60. The van der Waals surface area contributed by atoms with E-state index in [9.17, 15) is 14.7 Å². The molecule has 27 heavy (non-hydrogen) atoms. The average molecular weight is 368 g/mol. The Morgan fingerprint density at radius 2 is 1.93 bits per heavy atom. The van der Waals surface area contributed by atoms with E-state index in [0.29, 0.717) is 17.9 Å². The first kappa shape index (κ1) is 18.7. The highest BCUT2D eigenvalue weighted by Crippen LogP contribution is 2.31. The average Bonchev–Trinajstić information content (AvgIpc) is 2.64. The molecule has 1 N–H and O–H groups in total. The molecule has 0 fully saturated rings. The summed E-state index contributed by atoms with van der Waals surface area (Å²) in [6.45, 7) is 4.06. The molecule has 1 unspecified atom stereocenters. The minimum atomic E-state index is -1.14. The van der Waals surface area contributed by atoms with Crippen molar-refractivity contribution in [2.75, 3.05) is 13.2 Å². The van der Waals surface area contributed by atoms with Gasteiger partial charge in [0.15, 0.2) is 0 Å². The van der Waals surface area contributed by atoms with Gasteiger partial charge in [-0.05, 0) is 37.1 Å². The molecule has 0 spiro atoms. The number of aryl methyl sites for hydroxylation is 1. The topological polar surface area (TPSA) is 86.0 Å². The molecule has 140 valence electrons. The zero-order valence-electron chi connectivity index (χ0n) is 15.1. The van der Waals surface area contributed by atoms with Crippen LogP contribution in [0.15, 0.2) is 57.7 Å². The number of rotatable bonds is 7. The van der Waals surface area contributed by atoms with E-state index >= 15 is 0 Å². The van der Waals surface area contributed by atoms with Crippen LogP contribution in [0.3, 0.4) is 0 Å². The van der Waals surface area contributed by atoms with Crippen LogP contribution in [0, 0.1) is 6.92 Å². The van der Waals surface area contributed by atoms with Gasteiger partial charge >= 0.3 is 11.6 Å². The molecular formula is C21H20O6. The number of benzene rings is 2. The molecule has 0 bridgehead atoms. The van der Waals surface area contributed by atoms with Gasteiger partial charge in [-0.15, -0.1) is 0 Å². The van der Waals surface area contributed by atoms with E-state index in [1.807, 2.05) is 31.2 Å². The largest absolute Gasteiger partial charge is 0.478 e. The maximum absolute atomic E-state index is 12.1. The lowest BCUT2D eigenvalue weighted by atomic mass is 9.98. The molecule has 0 radical (unpaired) electrons. The quantitative estimate of drug-likeness (QED) is 0.641. The van der Waals surface area contributed by atoms with Crippen molar-refractivity contribution in [1.82, 2.24) is 0 Å². The van der Waals surface area contributed by atoms with Crippen LogP contribution in [0.5, 0.6) is 5.75 Å². The summed E-state index contributed by atoms with van der Waals surface area (Å²) in [5.41, 5.74) is 2.58. The summed E-state index contributed by atoms with van der Waals surface area (Å²) in [4.78, 5) is 23.4. The number of carboxylic acids is 1. The Hall–Kier alpha value is -3.12. The monoisotopic (exact) mass is 368 g/mol. The van der Waals surface area contributed by atoms with Gasteiger partial charge in [0.25, 0.3) is 0 Å². The molecule has 3 aromatic rings. The Labute approximate surface area is 156 Å². The third kappa shape index (κ3) is 4.17. The molecule has 0 aliphatic carbocycles. The van der Waals surface area contributed by atoms with Gasteiger partial charge in [-0.25, -0.2) is 9.59 Å². The van der Waals surface area contributed by atoms with Crippen molar-refractivity contribution in [2.24, 2.45) is 0 Å². The molecule has 0 amide bonds. The second-order valence-corrected chi connectivity index (χ2v) is 6.06. The number of carbonyl (C=O) groups is 1. The Morgan fingerprint density at radius 1 is 1.15 bits per heavy atom. The van der Waals surface area contributed by atoms with Crippen molar-refractivity contribution in [3.63, 3.8) is 0 Å². The van der Waals surface area contributed by atoms with Gasteiger partial charge in [0, 0.05) is 29.7 Å². The van der Waals surface area contributed by atoms with Crippen LogP contribution in [0.4, 0.5) is 0 Å².